The molecule has 3 rings (SSSR count). The number of nitrogens with one attached hydrogen (secondary N) is 3. The summed E-state index contributed by atoms with van der Waals surface area (Å²) in [5, 5.41) is 7.44. The summed E-state index contributed by atoms with van der Waals surface area (Å²) in [6.07, 6.45) is -3.44. The van der Waals surface area contributed by atoms with Crippen LogP contribution in [0.1, 0.15) is 31.9 Å². The van der Waals surface area contributed by atoms with E-state index in [0.29, 0.717) is 11.1 Å². The number of halogens is 3. The van der Waals surface area contributed by atoms with Crippen molar-refractivity contribution < 1.29 is 31.2 Å². The molecule has 2 amide bonds. The quantitative estimate of drug-likeness (QED) is 0.449. The van der Waals surface area contributed by atoms with E-state index in [1.165, 1.54) is 36.4 Å². The maximum Gasteiger partial charge on any atom is 0.407 e. The molecule has 3 atom stereocenters. The Morgan fingerprint density at radius 1 is 1.06 bits per heavy atom. The summed E-state index contributed by atoms with van der Waals surface area (Å²) in [4.78, 5) is 24.3. The number of hydrogen-bond acceptors (Lipinski definition) is 5. The van der Waals surface area contributed by atoms with Gasteiger partial charge in [0, 0.05) is 12.8 Å². The third-order valence-corrected chi connectivity index (χ3v) is 6.82. The number of β-lactam (4-membered cyclic amide) rings is 1. The van der Waals surface area contributed by atoms with Crippen molar-refractivity contribution in [1.82, 2.24) is 16.0 Å². The first kappa shape index (κ1) is 26.7. The molecule has 0 radical (unpaired) electrons. The van der Waals surface area contributed by atoms with E-state index in [9.17, 15) is 31.2 Å². The normalized spacial score (nSPS) is 17.9. The number of benzene rings is 2. The minimum atomic E-state index is -4.68. The second-order valence-corrected chi connectivity index (χ2v) is 11.1. The molecule has 1 aliphatic rings. The monoisotopic (exact) mass is 511 g/mol. The zero-order valence-electron chi connectivity index (χ0n) is 19.5. The topological polar surface area (TPSA) is 104 Å². The fraction of sp³-hybridized carbons (Fsp3) is 0.417. The Bertz CT molecular complexity index is 1160. The highest BCUT2D eigenvalue weighted by Gasteiger charge is 2.43. The molecule has 2 aromatic carbocycles. The highest BCUT2D eigenvalue weighted by Crippen LogP contribution is 2.34. The Hall–Kier alpha value is -2.92. The van der Waals surface area contributed by atoms with Crippen molar-refractivity contribution in [3.8, 4) is 11.1 Å². The van der Waals surface area contributed by atoms with Crippen molar-refractivity contribution in [2.75, 3.05) is 12.8 Å². The average Bonchev–Trinajstić information content (AvgIpc) is 2.77. The number of hydrogen-bond donors (Lipinski definition) is 3. The van der Waals surface area contributed by atoms with Crippen molar-refractivity contribution in [3.63, 3.8) is 0 Å². The Labute approximate surface area is 202 Å². The zero-order valence-corrected chi connectivity index (χ0v) is 20.3. The fourth-order valence-corrected chi connectivity index (χ4v) is 4.37. The molecule has 2 aromatic rings. The predicted octanol–water partition coefficient (Wildman–Crippen LogP) is 2.98. The van der Waals surface area contributed by atoms with Gasteiger partial charge in [-0.2, -0.15) is 13.2 Å². The standard InChI is InChI=1S/C24H28F3N3O4S/c1-14(2)12-19(23(32)30-20-13-28-22(20)31)29-21(24(25,26)27)17-6-4-15(5-7-17)16-8-10-18(11-9-16)35(3,33)34/h4-11,14,19-21,29H,12-13H2,1-3H3,(H,28,31)(H,30,32)/t19-,20?,21-/m0/s1. The first-order chi connectivity index (χ1) is 16.3. The van der Waals surface area contributed by atoms with Gasteiger partial charge in [-0.15, -0.1) is 0 Å². The summed E-state index contributed by atoms with van der Waals surface area (Å²) in [6.45, 7) is 3.84. The summed E-state index contributed by atoms with van der Waals surface area (Å²) in [5.41, 5.74) is 1.19. The van der Waals surface area contributed by atoms with E-state index in [0.717, 1.165) is 6.26 Å². The highest BCUT2D eigenvalue weighted by atomic mass is 32.2. The summed E-state index contributed by atoms with van der Waals surface area (Å²) >= 11 is 0. The molecule has 0 aliphatic carbocycles. The van der Waals surface area contributed by atoms with Crippen molar-refractivity contribution in [1.29, 1.82) is 0 Å². The van der Waals surface area contributed by atoms with E-state index in [4.69, 9.17) is 0 Å². The van der Waals surface area contributed by atoms with Gasteiger partial charge in [0.1, 0.15) is 12.1 Å². The third kappa shape index (κ3) is 6.82. The van der Waals surface area contributed by atoms with Crippen LogP contribution in [-0.2, 0) is 19.4 Å². The van der Waals surface area contributed by atoms with Crippen LogP contribution in [0.3, 0.4) is 0 Å². The van der Waals surface area contributed by atoms with Crippen LogP contribution in [-0.4, -0.2) is 51.3 Å². The van der Waals surface area contributed by atoms with Crippen LogP contribution in [0.2, 0.25) is 0 Å². The van der Waals surface area contributed by atoms with Crippen LogP contribution >= 0.6 is 0 Å². The molecule has 1 aliphatic heterocycles. The molecule has 1 heterocycles. The Morgan fingerprint density at radius 3 is 2.00 bits per heavy atom. The molecule has 1 fully saturated rings. The molecule has 11 heteroatoms. The second kappa shape index (κ2) is 10.4. The van der Waals surface area contributed by atoms with Gasteiger partial charge in [-0.25, -0.2) is 8.42 Å². The Morgan fingerprint density at radius 2 is 1.60 bits per heavy atom. The number of alkyl halides is 3. The molecule has 0 spiro atoms. The van der Waals surface area contributed by atoms with Crippen LogP contribution in [0, 0.1) is 5.92 Å². The zero-order chi connectivity index (χ0) is 26.0. The summed E-state index contributed by atoms with van der Waals surface area (Å²) in [7, 11) is -3.36. The lowest BCUT2D eigenvalue weighted by molar-refractivity contribution is -0.161. The second-order valence-electron chi connectivity index (χ2n) is 9.05. The van der Waals surface area contributed by atoms with Gasteiger partial charge >= 0.3 is 6.18 Å². The van der Waals surface area contributed by atoms with Crippen LogP contribution in [0.4, 0.5) is 13.2 Å². The maximum atomic E-state index is 14.0. The number of rotatable bonds is 9. The lowest BCUT2D eigenvalue weighted by atomic mass is 9.97. The van der Waals surface area contributed by atoms with Gasteiger partial charge in [0.15, 0.2) is 9.84 Å². The lowest BCUT2D eigenvalue weighted by Crippen LogP contribution is -2.64. The van der Waals surface area contributed by atoms with E-state index in [1.54, 1.807) is 26.0 Å². The van der Waals surface area contributed by atoms with E-state index in [-0.39, 0.29) is 35.2 Å². The van der Waals surface area contributed by atoms with Gasteiger partial charge < -0.3 is 10.6 Å². The van der Waals surface area contributed by atoms with Gasteiger partial charge in [-0.3, -0.25) is 14.9 Å². The lowest BCUT2D eigenvalue weighted by Gasteiger charge is -2.32. The van der Waals surface area contributed by atoms with Gasteiger partial charge in [-0.1, -0.05) is 50.2 Å². The SMILES string of the molecule is CC(C)C[C@H](N[C@@H](c1ccc(-c2ccc(S(C)(=O)=O)cc2)cc1)C(F)(F)F)C(=O)NC1CNC1=O. The number of carbonyl (C=O) groups is 2. The van der Waals surface area contributed by atoms with Crippen LogP contribution < -0.4 is 16.0 Å². The van der Waals surface area contributed by atoms with E-state index in [1.807, 2.05) is 0 Å². The molecule has 0 aromatic heterocycles. The number of sulfone groups is 1. The Kier molecular flexibility index (Phi) is 7.90. The smallest absolute Gasteiger partial charge is 0.352 e. The largest absolute Gasteiger partial charge is 0.407 e. The molecule has 7 nitrogen and oxygen atoms in total. The van der Waals surface area contributed by atoms with Crippen molar-refractivity contribution >= 4 is 21.7 Å². The van der Waals surface area contributed by atoms with Crippen molar-refractivity contribution in [2.24, 2.45) is 5.92 Å². The summed E-state index contributed by atoms with van der Waals surface area (Å²) < 4.78 is 65.4. The van der Waals surface area contributed by atoms with Crippen LogP contribution in [0.25, 0.3) is 11.1 Å². The Balaban J connectivity index is 1.82. The minimum absolute atomic E-state index is 0.0698. The van der Waals surface area contributed by atoms with E-state index >= 15 is 0 Å². The molecule has 3 N–H and O–H groups in total. The molecule has 1 unspecified atom stereocenters. The van der Waals surface area contributed by atoms with E-state index < -0.39 is 40.0 Å². The molecule has 190 valence electrons. The van der Waals surface area contributed by atoms with Crippen LogP contribution in [0.15, 0.2) is 53.4 Å². The van der Waals surface area contributed by atoms with Gasteiger partial charge in [0.25, 0.3) is 0 Å². The van der Waals surface area contributed by atoms with Crippen LogP contribution in [0.5, 0.6) is 0 Å². The third-order valence-electron chi connectivity index (χ3n) is 5.69. The first-order valence-electron chi connectivity index (χ1n) is 11.1. The highest BCUT2D eigenvalue weighted by molar-refractivity contribution is 7.90. The number of carbonyl (C=O) groups excluding carboxylic acids is 2. The molecule has 0 saturated carbocycles. The average molecular weight is 512 g/mol. The van der Waals surface area contributed by atoms with Gasteiger partial charge in [0.2, 0.25) is 11.8 Å². The number of amides is 2. The predicted molar refractivity (Wildman–Crippen MR) is 125 cm³/mol. The molecular formula is C24H28F3N3O4S. The summed E-state index contributed by atoms with van der Waals surface area (Å²) in [6, 6.07) is 7.75. The molecule has 1 saturated heterocycles. The first-order valence-corrected chi connectivity index (χ1v) is 13.0. The van der Waals surface area contributed by atoms with Crippen molar-refractivity contribution in [3.05, 3.63) is 54.1 Å². The van der Waals surface area contributed by atoms with Gasteiger partial charge in [0.05, 0.1) is 10.9 Å². The molecular weight excluding hydrogens is 483 g/mol. The minimum Gasteiger partial charge on any atom is -0.352 e. The van der Waals surface area contributed by atoms with Crippen molar-refractivity contribution in [2.45, 2.75) is 49.5 Å². The van der Waals surface area contributed by atoms with E-state index in [2.05, 4.69) is 16.0 Å². The molecule has 0 bridgehead atoms. The van der Waals surface area contributed by atoms with Gasteiger partial charge in [-0.05, 0) is 41.2 Å². The fourth-order valence-electron chi connectivity index (χ4n) is 3.74. The maximum absolute atomic E-state index is 14.0. The summed E-state index contributed by atoms with van der Waals surface area (Å²) in [5.74, 6) is -1.09. The molecule has 35 heavy (non-hydrogen) atoms.